The summed E-state index contributed by atoms with van der Waals surface area (Å²) in [6.07, 6.45) is 0.980. The monoisotopic (exact) mass is 457 g/mol. The van der Waals surface area contributed by atoms with Crippen molar-refractivity contribution in [1.82, 2.24) is 5.43 Å². The Hall–Kier alpha value is -4.08. The summed E-state index contributed by atoms with van der Waals surface area (Å²) in [5, 5.41) is 6.48. The number of methoxy groups -OCH3 is 1. The van der Waals surface area contributed by atoms with Crippen LogP contribution in [-0.2, 0) is 19.1 Å². The van der Waals surface area contributed by atoms with Crippen LogP contribution in [0.4, 0.5) is 5.69 Å². The largest absolute Gasteiger partial charge is 0.495 e. The van der Waals surface area contributed by atoms with Crippen LogP contribution in [0.5, 0.6) is 17.2 Å². The minimum atomic E-state index is -0.585. The number of para-hydroxylation sites is 2. The lowest BCUT2D eigenvalue weighted by atomic mass is 10.2. The molecule has 0 unspecified atom stereocenters. The van der Waals surface area contributed by atoms with Crippen molar-refractivity contribution < 1.29 is 33.3 Å². The Morgan fingerprint density at radius 3 is 2.45 bits per heavy atom. The molecule has 0 radical (unpaired) electrons. The summed E-state index contributed by atoms with van der Waals surface area (Å²) in [6.45, 7) is 3.93. The smallest absolute Gasteiger partial charge is 0.344 e. The van der Waals surface area contributed by atoms with Crippen LogP contribution in [0, 0.1) is 0 Å². The molecule has 2 aromatic carbocycles. The lowest BCUT2D eigenvalue weighted by Crippen LogP contribution is -2.24. The second-order valence-electron chi connectivity index (χ2n) is 6.45. The molecule has 0 fully saturated rings. The van der Waals surface area contributed by atoms with Gasteiger partial charge in [0.2, 0.25) is 11.8 Å². The third-order valence-electron chi connectivity index (χ3n) is 4.02. The van der Waals surface area contributed by atoms with E-state index in [0.29, 0.717) is 35.1 Å². The van der Waals surface area contributed by atoms with Gasteiger partial charge in [0.05, 0.1) is 32.2 Å². The molecule has 2 aromatic rings. The highest BCUT2D eigenvalue weighted by molar-refractivity contribution is 6.04. The molecule has 0 atom stereocenters. The number of benzene rings is 2. The van der Waals surface area contributed by atoms with Gasteiger partial charge in [-0.3, -0.25) is 9.59 Å². The summed E-state index contributed by atoms with van der Waals surface area (Å²) in [6, 6.07) is 11.8. The fourth-order valence-corrected chi connectivity index (χ4v) is 2.64. The van der Waals surface area contributed by atoms with Crippen LogP contribution in [0.25, 0.3) is 0 Å². The van der Waals surface area contributed by atoms with Gasteiger partial charge in [0.1, 0.15) is 12.2 Å². The third-order valence-corrected chi connectivity index (χ3v) is 4.02. The number of nitrogens with zero attached hydrogens (tertiary/aromatic N) is 1. The second-order valence-corrected chi connectivity index (χ2v) is 6.45. The maximum Gasteiger partial charge on any atom is 0.344 e. The molecule has 176 valence electrons. The Kier molecular flexibility index (Phi) is 10.2. The fraction of sp³-hybridized carbons (Fsp3) is 0.304. The van der Waals surface area contributed by atoms with E-state index >= 15 is 0 Å². The highest BCUT2D eigenvalue weighted by Gasteiger charge is 2.12. The minimum Gasteiger partial charge on any atom is -0.495 e. The quantitative estimate of drug-likeness (QED) is 0.217. The van der Waals surface area contributed by atoms with E-state index in [4.69, 9.17) is 18.9 Å². The number of esters is 1. The van der Waals surface area contributed by atoms with E-state index in [2.05, 4.69) is 15.8 Å². The summed E-state index contributed by atoms with van der Waals surface area (Å²) in [4.78, 5) is 35.6. The van der Waals surface area contributed by atoms with E-state index in [0.717, 1.165) is 0 Å². The number of anilines is 1. The standard InChI is InChI=1S/C23H27N3O7/c1-4-31-20-12-16(10-11-19(20)33-15-23(29)32-5-2)14-24-26-22(28)13-21(27)25-17-8-6-7-9-18(17)30-3/h6-12,14H,4-5,13,15H2,1-3H3,(H,25,27)(H,26,28). The number of carbonyl (C=O) groups excluding carboxylic acids is 3. The van der Waals surface area contributed by atoms with Gasteiger partial charge < -0.3 is 24.3 Å². The van der Waals surface area contributed by atoms with Crippen LogP contribution < -0.4 is 25.0 Å². The van der Waals surface area contributed by atoms with Gasteiger partial charge in [0, 0.05) is 0 Å². The molecule has 2 amide bonds. The molecule has 0 saturated heterocycles. The molecule has 10 nitrogen and oxygen atoms in total. The first-order valence-corrected chi connectivity index (χ1v) is 10.3. The van der Waals surface area contributed by atoms with Crippen molar-refractivity contribution >= 4 is 29.7 Å². The van der Waals surface area contributed by atoms with Crippen molar-refractivity contribution in [2.45, 2.75) is 20.3 Å². The van der Waals surface area contributed by atoms with Crippen LogP contribution >= 0.6 is 0 Å². The number of amides is 2. The zero-order valence-electron chi connectivity index (χ0n) is 18.8. The predicted octanol–water partition coefficient (Wildman–Crippen LogP) is 2.51. The third kappa shape index (κ3) is 8.52. The summed E-state index contributed by atoms with van der Waals surface area (Å²) < 4.78 is 21.0. The van der Waals surface area contributed by atoms with Crippen LogP contribution in [-0.4, -0.2) is 50.9 Å². The van der Waals surface area contributed by atoms with Gasteiger partial charge in [-0.1, -0.05) is 12.1 Å². The Labute approximate surface area is 191 Å². The second kappa shape index (κ2) is 13.4. The van der Waals surface area contributed by atoms with Gasteiger partial charge >= 0.3 is 5.97 Å². The number of ether oxygens (including phenoxy) is 4. The van der Waals surface area contributed by atoms with Gasteiger partial charge in [0.15, 0.2) is 18.1 Å². The highest BCUT2D eigenvalue weighted by Crippen LogP contribution is 2.28. The van der Waals surface area contributed by atoms with Crippen molar-refractivity contribution in [3.05, 3.63) is 48.0 Å². The molecule has 0 bridgehead atoms. The molecule has 0 spiro atoms. The van der Waals surface area contributed by atoms with Crippen LogP contribution in [0.1, 0.15) is 25.8 Å². The number of rotatable bonds is 12. The van der Waals surface area contributed by atoms with E-state index < -0.39 is 24.2 Å². The predicted molar refractivity (Wildman–Crippen MR) is 122 cm³/mol. The summed E-state index contributed by atoms with van der Waals surface area (Å²) >= 11 is 0. The lowest BCUT2D eigenvalue weighted by molar-refractivity contribution is -0.145. The Balaban J connectivity index is 1.91. The van der Waals surface area contributed by atoms with E-state index in [-0.39, 0.29) is 13.2 Å². The van der Waals surface area contributed by atoms with Crippen molar-refractivity contribution in [1.29, 1.82) is 0 Å². The van der Waals surface area contributed by atoms with E-state index in [1.807, 2.05) is 6.92 Å². The molecule has 2 rings (SSSR count). The zero-order valence-corrected chi connectivity index (χ0v) is 18.8. The summed E-state index contributed by atoms with van der Waals surface area (Å²) in [5.74, 6) is -0.300. The number of nitrogens with one attached hydrogen (secondary N) is 2. The number of hydrogen-bond donors (Lipinski definition) is 2. The molecule has 10 heteroatoms. The molecule has 0 aliphatic rings. The molecule has 0 aliphatic carbocycles. The average Bonchev–Trinajstić information content (AvgIpc) is 2.79. The van der Waals surface area contributed by atoms with Crippen molar-refractivity contribution in [2.75, 3.05) is 32.2 Å². The van der Waals surface area contributed by atoms with Crippen molar-refractivity contribution in [3.63, 3.8) is 0 Å². The van der Waals surface area contributed by atoms with Gasteiger partial charge in [0.25, 0.3) is 0 Å². The molecular formula is C23H27N3O7. The molecule has 33 heavy (non-hydrogen) atoms. The van der Waals surface area contributed by atoms with E-state index in [1.54, 1.807) is 49.4 Å². The first-order valence-electron chi connectivity index (χ1n) is 10.3. The van der Waals surface area contributed by atoms with Crippen LogP contribution in [0.2, 0.25) is 0 Å². The molecule has 0 heterocycles. The Morgan fingerprint density at radius 2 is 1.73 bits per heavy atom. The van der Waals surface area contributed by atoms with Gasteiger partial charge in [-0.05, 0) is 49.7 Å². The first kappa shape index (κ1) is 25.2. The lowest BCUT2D eigenvalue weighted by Gasteiger charge is -2.12. The number of hydrogen-bond acceptors (Lipinski definition) is 8. The van der Waals surface area contributed by atoms with Crippen LogP contribution in [0.15, 0.2) is 47.6 Å². The summed E-state index contributed by atoms with van der Waals surface area (Å²) in [5.41, 5.74) is 3.38. The van der Waals surface area contributed by atoms with Gasteiger partial charge in [-0.2, -0.15) is 5.10 Å². The Bertz CT molecular complexity index is 992. The maximum atomic E-state index is 12.1. The minimum absolute atomic E-state index is 0.242. The molecule has 0 aliphatic heterocycles. The Morgan fingerprint density at radius 1 is 0.939 bits per heavy atom. The first-order chi connectivity index (χ1) is 16.0. The topological polar surface area (TPSA) is 125 Å². The fourth-order valence-electron chi connectivity index (χ4n) is 2.64. The number of hydrazone groups is 1. The molecule has 0 saturated carbocycles. The molecule has 0 aromatic heterocycles. The summed E-state index contributed by atoms with van der Waals surface area (Å²) in [7, 11) is 1.49. The highest BCUT2D eigenvalue weighted by atomic mass is 16.6. The average molecular weight is 457 g/mol. The van der Waals surface area contributed by atoms with E-state index in [9.17, 15) is 14.4 Å². The van der Waals surface area contributed by atoms with Crippen molar-refractivity contribution in [2.24, 2.45) is 5.10 Å². The SMILES string of the molecule is CCOC(=O)COc1ccc(C=NNC(=O)CC(=O)Nc2ccccc2OC)cc1OCC. The van der Waals surface area contributed by atoms with Crippen molar-refractivity contribution in [3.8, 4) is 17.2 Å². The zero-order chi connectivity index (χ0) is 24.1. The van der Waals surface area contributed by atoms with E-state index in [1.165, 1.54) is 13.3 Å². The molecular weight excluding hydrogens is 430 g/mol. The van der Waals surface area contributed by atoms with Gasteiger partial charge in [-0.25, -0.2) is 10.2 Å². The van der Waals surface area contributed by atoms with Crippen LogP contribution in [0.3, 0.4) is 0 Å². The maximum absolute atomic E-state index is 12.1. The normalized spacial score (nSPS) is 10.4. The number of carbonyl (C=O) groups is 3. The van der Waals surface area contributed by atoms with Gasteiger partial charge in [-0.15, -0.1) is 0 Å². The molecule has 2 N–H and O–H groups in total.